The van der Waals surface area contributed by atoms with Gasteiger partial charge in [0.05, 0.1) is 11.8 Å². The van der Waals surface area contributed by atoms with Gasteiger partial charge in [0.15, 0.2) is 0 Å². The first-order chi connectivity index (χ1) is 10.1. The number of nitrogens with zero attached hydrogens (tertiary/aromatic N) is 2. The van der Waals surface area contributed by atoms with Crippen molar-refractivity contribution in [3.05, 3.63) is 47.8 Å². The van der Waals surface area contributed by atoms with Crippen molar-refractivity contribution in [3.8, 4) is 5.75 Å². The van der Waals surface area contributed by atoms with Gasteiger partial charge >= 0.3 is 6.61 Å². The molecular formula is C14H15F2N3O2. The summed E-state index contributed by atoms with van der Waals surface area (Å²) in [7, 11) is 0. The molecule has 1 amide bonds. The molecular weight excluding hydrogens is 280 g/mol. The normalized spacial score (nSPS) is 10.7. The van der Waals surface area contributed by atoms with Gasteiger partial charge in [-0.2, -0.15) is 13.9 Å². The molecule has 2 rings (SSSR count). The molecule has 112 valence electrons. The van der Waals surface area contributed by atoms with E-state index >= 15 is 0 Å². The molecule has 0 aliphatic carbocycles. The summed E-state index contributed by atoms with van der Waals surface area (Å²) in [6, 6.07) is 5.88. The number of aryl methyl sites for hydroxylation is 1. The zero-order chi connectivity index (χ0) is 15.2. The first-order valence-electron chi connectivity index (χ1n) is 6.43. The Kier molecular flexibility index (Phi) is 4.86. The van der Waals surface area contributed by atoms with Crippen molar-refractivity contribution in [1.82, 2.24) is 15.1 Å². The monoisotopic (exact) mass is 295 g/mol. The maximum atomic E-state index is 12.3. The SMILES string of the molecule is CCn1cc(CNC(=O)c2ccccc2OC(F)F)cn1. The summed E-state index contributed by atoms with van der Waals surface area (Å²) in [4.78, 5) is 12.0. The van der Waals surface area contributed by atoms with E-state index in [9.17, 15) is 13.6 Å². The average Bonchev–Trinajstić information content (AvgIpc) is 2.93. The second kappa shape index (κ2) is 6.83. The Morgan fingerprint density at radius 1 is 1.43 bits per heavy atom. The Morgan fingerprint density at radius 3 is 2.86 bits per heavy atom. The van der Waals surface area contributed by atoms with E-state index in [4.69, 9.17) is 0 Å². The summed E-state index contributed by atoms with van der Waals surface area (Å²) in [5, 5.41) is 6.73. The average molecular weight is 295 g/mol. The number of benzene rings is 1. The Hall–Kier alpha value is -2.44. The third kappa shape index (κ3) is 4.01. The minimum absolute atomic E-state index is 0.0701. The number of carbonyl (C=O) groups is 1. The predicted molar refractivity (Wildman–Crippen MR) is 72.1 cm³/mol. The van der Waals surface area contributed by atoms with E-state index in [1.165, 1.54) is 18.2 Å². The van der Waals surface area contributed by atoms with Gasteiger partial charge in [-0.3, -0.25) is 9.48 Å². The Labute approximate surface area is 120 Å². The van der Waals surface area contributed by atoms with Crippen LogP contribution in [0.3, 0.4) is 0 Å². The Balaban J connectivity index is 2.03. The maximum Gasteiger partial charge on any atom is 0.387 e. The molecule has 0 saturated carbocycles. The highest BCUT2D eigenvalue weighted by Gasteiger charge is 2.15. The van der Waals surface area contributed by atoms with Gasteiger partial charge in [0, 0.05) is 24.8 Å². The Bertz CT molecular complexity index is 614. The zero-order valence-corrected chi connectivity index (χ0v) is 11.4. The number of rotatable bonds is 6. The molecule has 0 fully saturated rings. The van der Waals surface area contributed by atoms with Crippen molar-refractivity contribution >= 4 is 5.91 Å². The number of nitrogens with one attached hydrogen (secondary N) is 1. The lowest BCUT2D eigenvalue weighted by molar-refractivity contribution is -0.0501. The largest absolute Gasteiger partial charge is 0.434 e. The van der Waals surface area contributed by atoms with Gasteiger partial charge in [-0.05, 0) is 19.1 Å². The van der Waals surface area contributed by atoms with Gasteiger partial charge in [0.25, 0.3) is 5.91 Å². The van der Waals surface area contributed by atoms with Crippen LogP contribution in [-0.4, -0.2) is 22.3 Å². The summed E-state index contributed by atoms with van der Waals surface area (Å²) in [6.45, 7) is -0.0181. The van der Waals surface area contributed by atoms with Crippen molar-refractivity contribution in [3.63, 3.8) is 0 Å². The van der Waals surface area contributed by atoms with Crippen molar-refractivity contribution in [2.75, 3.05) is 0 Å². The molecule has 7 heteroatoms. The Morgan fingerprint density at radius 2 is 2.19 bits per heavy atom. The molecule has 5 nitrogen and oxygen atoms in total. The molecule has 1 aromatic carbocycles. The first kappa shape index (κ1) is 15.0. The van der Waals surface area contributed by atoms with E-state index < -0.39 is 12.5 Å². The van der Waals surface area contributed by atoms with E-state index in [1.807, 2.05) is 13.1 Å². The minimum Gasteiger partial charge on any atom is -0.434 e. The van der Waals surface area contributed by atoms with Crippen LogP contribution in [0.5, 0.6) is 5.75 Å². The lowest BCUT2D eigenvalue weighted by atomic mass is 10.2. The standard InChI is InChI=1S/C14H15F2N3O2/c1-2-19-9-10(8-18-19)7-17-13(20)11-5-3-4-6-12(11)21-14(15)16/h3-6,8-9,14H,2,7H2,1H3,(H,17,20). The molecule has 0 saturated heterocycles. The smallest absolute Gasteiger partial charge is 0.387 e. The fourth-order valence-corrected chi connectivity index (χ4v) is 1.80. The molecule has 0 radical (unpaired) electrons. The van der Waals surface area contributed by atoms with E-state index in [1.54, 1.807) is 16.9 Å². The van der Waals surface area contributed by atoms with Crippen molar-refractivity contribution in [2.24, 2.45) is 0 Å². The zero-order valence-electron chi connectivity index (χ0n) is 11.4. The molecule has 0 bridgehead atoms. The number of ether oxygens (including phenoxy) is 1. The number of hydrogen-bond acceptors (Lipinski definition) is 3. The number of alkyl halides is 2. The van der Waals surface area contributed by atoms with Gasteiger partial charge in [-0.1, -0.05) is 12.1 Å². The predicted octanol–water partition coefficient (Wildman–Crippen LogP) is 2.43. The molecule has 0 unspecified atom stereocenters. The molecule has 0 aliphatic heterocycles. The van der Waals surface area contributed by atoms with Crippen LogP contribution >= 0.6 is 0 Å². The van der Waals surface area contributed by atoms with Crippen LogP contribution in [0.25, 0.3) is 0 Å². The summed E-state index contributed by atoms with van der Waals surface area (Å²) in [5.41, 5.74) is 0.901. The van der Waals surface area contributed by atoms with Crippen LogP contribution in [0.4, 0.5) is 8.78 Å². The number of amides is 1. The molecule has 0 spiro atoms. The van der Waals surface area contributed by atoms with Gasteiger partial charge in [0.1, 0.15) is 5.75 Å². The van der Waals surface area contributed by atoms with Crippen LogP contribution in [0.15, 0.2) is 36.7 Å². The van der Waals surface area contributed by atoms with Crippen LogP contribution in [0, 0.1) is 0 Å². The van der Waals surface area contributed by atoms with Gasteiger partial charge in [-0.25, -0.2) is 0 Å². The van der Waals surface area contributed by atoms with E-state index in [0.717, 1.165) is 12.1 Å². The lowest BCUT2D eigenvalue weighted by Gasteiger charge is -2.10. The van der Waals surface area contributed by atoms with Crippen molar-refractivity contribution in [1.29, 1.82) is 0 Å². The summed E-state index contributed by atoms with van der Waals surface area (Å²) < 4.78 is 30.6. The van der Waals surface area contributed by atoms with Gasteiger partial charge in [0.2, 0.25) is 0 Å². The van der Waals surface area contributed by atoms with Crippen LogP contribution in [-0.2, 0) is 13.1 Å². The maximum absolute atomic E-state index is 12.3. The molecule has 2 aromatic rings. The minimum atomic E-state index is -2.97. The molecule has 0 atom stereocenters. The number of carbonyl (C=O) groups excluding carboxylic acids is 1. The fraction of sp³-hybridized carbons (Fsp3) is 0.286. The van der Waals surface area contributed by atoms with E-state index in [-0.39, 0.29) is 17.9 Å². The molecule has 21 heavy (non-hydrogen) atoms. The number of aromatic nitrogens is 2. The van der Waals surface area contributed by atoms with E-state index in [0.29, 0.717) is 0 Å². The molecule has 1 aromatic heterocycles. The lowest BCUT2D eigenvalue weighted by Crippen LogP contribution is -2.23. The number of para-hydroxylation sites is 1. The van der Waals surface area contributed by atoms with E-state index in [2.05, 4.69) is 15.2 Å². The van der Waals surface area contributed by atoms with Gasteiger partial charge in [-0.15, -0.1) is 0 Å². The summed E-state index contributed by atoms with van der Waals surface area (Å²) >= 11 is 0. The van der Waals surface area contributed by atoms with Crippen molar-refractivity contribution < 1.29 is 18.3 Å². The third-order valence-electron chi connectivity index (χ3n) is 2.81. The van der Waals surface area contributed by atoms with Crippen LogP contribution in [0.1, 0.15) is 22.8 Å². The quantitative estimate of drug-likeness (QED) is 0.890. The van der Waals surface area contributed by atoms with Crippen LogP contribution in [0.2, 0.25) is 0 Å². The second-order valence-corrected chi connectivity index (χ2v) is 4.26. The van der Waals surface area contributed by atoms with Crippen LogP contribution < -0.4 is 10.1 Å². The fourth-order valence-electron chi connectivity index (χ4n) is 1.80. The number of halogens is 2. The highest BCUT2D eigenvalue weighted by atomic mass is 19.3. The number of hydrogen-bond donors (Lipinski definition) is 1. The highest BCUT2D eigenvalue weighted by Crippen LogP contribution is 2.20. The molecule has 0 aliphatic rings. The highest BCUT2D eigenvalue weighted by molar-refractivity contribution is 5.96. The topological polar surface area (TPSA) is 56.2 Å². The molecule has 1 heterocycles. The molecule has 1 N–H and O–H groups in total. The first-order valence-corrected chi connectivity index (χ1v) is 6.43. The third-order valence-corrected chi connectivity index (χ3v) is 2.81. The summed E-state index contributed by atoms with van der Waals surface area (Å²) in [6.07, 6.45) is 3.45. The van der Waals surface area contributed by atoms with Gasteiger partial charge < -0.3 is 10.1 Å². The second-order valence-electron chi connectivity index (χ2n) is 4.26. The van der Waals surface area contributed by atoms with Crippen molar-refractivity contribution in [2.45, 2.75) is 26.6 Å². The summed E-state index contributed by atoms with van der Waals surface area (Å²) in [5.74, 6) is -0.621.